The number of fused-ring (bicyclic) bond motifs is 1. The van der Waals surface area contributed by atoms with Gasteiger partial charge in [0, 0.05) is 11.8 Å². The molecule has 1 aromatic carbocycles. The fraction of sp³-hybridized carbons (Fsp3) is 0.0667. The molecule has 3 aromatic rings. The lowest BCUT2D eigenvalue weighted by atomic mass is 10.3. The van der Waals surface area contributed by atoms with Crippen molar-refractivity contribution in [3.05, 3.63) is 59.9 Å². The average Bonchev–Trinajstić information content (AvgIpc) is 2.84. The molecule has 0 unspecified atom stereocenters. The van der Waals surface area contributed by atoms with E-state index in [1.165, 1.54) is 0 Å². The molecule has 106 valence electrons. The van der Waals surface area contributed by atoms with Crippen LogP contribution in [0.5, 0.6) is 5.75 Å². The van der Waals surface area contributed by atoms with Gasteiger partial charge in [-0.3, -0.25) is 4.40 Å². The minimum Gasteiger partial charge on any atom is -0.489 e. The molecule has 3 N–H and O–H groups in total. The molecule has 0 atom stereocenters. The van der Waals surface area contributed by atoms with Crippen molar-refractivity contribution in [3.63, 3.8) is 0 Å². The summed E-state index contributed by atoms with van der Waals surface area (Å²) in [6.07, 6.45) is 1.68. The van der Waals surface area contributed by atoms with Gasteiger partial charge in [-0.25, -0.2) is 9.78 Å². The number of carboxylic acids is 1. The number of rotatable bonds is 4. The summed E-state index contributed by atoms with van der Waals surface area (Å²) in [4.78, 5) is 15.2. The molecule has 0 fully saturated rings. The van der Waals surface area contributed by atoms with E-state index < -0.39 is 5.97 Å². The van der Waals surface area contributed by atoms with Gasteiger partial charge in [-0.2, -0.15) is 0 Å². The topological polar surface area (TPSA) is 89.9 Å². The maximum atomic E-state index is 11.1. The van der Waals surface area contributed by atoms with Gasteiger partial charge in [0.2, 0.25) is 0 Å². The van der Waals surface area contributed by atoms with E-state index in [0.29, 0.717) is 5.65 Å². The Balaban J connectivity index is 1.95. The Morgan fingerprint density at radius 2 is 2.00 bits per heavy atom. The highest BCUT2D eigenvalue weighted by Crippen LogP contribution is 2.20. The van der Waals surface area contributed by atoms with Crippen LogP contribution >= 0.6 is 0 Å². The highest BCUT2D eigenvalue weighted by molar-refractivity contribution is 5.92. The van der Waals surface area contributed by atoms with Crippen molar-refractivity contribution in [2.24, 2.45) is 0 Å². The number of nitrogens with zero attached hydrogens (tertiary/aromatic N) is 2. The molecule has 0 amide bonds. The number of pyridine rings is 1. The number of para-hydroxylation sites is 1. The summed E-state index contributed by atoms with van der Waals surface area (Å²) in [7, 11) is 0. The van der Waals surface area contributed by atoms with Gasteiger partial charge in [0.15, 0.2) is 5.69 Å². The van der Waals surface area contributed by atoms with Crippen molar-refractivity contribution in [2.45, 2.75) is 6.61 Å². The van der Waals surface area contributed by atoms with Crippen molar-refractivity contribution < 1.29 is 14.6 Å². The molecule has 0 bridgehead atoms. The van der Waals surface area contributed by atoms with Crippen molar-refractivity contribution in [1.29, 1.82) is 0 Å². The largest absolute Gasteiger partial charge is 0.489 e. The molecule has 6 nitrogen and oxygen atoms in total. The number of anilines is 1. The van der Waals surface area contributed by atoms with Crippen molar-refractivity contribution in [3.8, 4) is 5.75 Å². The third-order valence-corrected chi connectivity index (χ3v) is 3.11. The SMILES string of the molecule is Nc1c(C(=O)O)nc2c(COc3ccccc3)cccn12. The minimum atomic E-state index is -1.15. The van der Waals surface area contributed by atoms with E-state index in [1.54, 1.807) is 16.7 Å². The zero-order chi connectivity index (χ0) is 14.8. The monoisotopic (exact) mass is 283 g/mol. The second-order valence-corrected chi connectivity index (χ2v) is 4.48. The fourth-order valence-corrected chi connectivity index (χ4v) is 2.09. The van der Waals surface area contributed by atoms with E-state index >= 15 is 0 Å². The number of nitrogen functional groups attached to an aromatic ring is 1. The standard InChI is InChI=1S/C15H13N3O3/c16-13-12(15(19)20)17-14-10(5-4-8-18(13)14)9-21-11-6-2-1-3-7-11/h1-8H,9,16H2,(H,19,20). The first-order valence-corrected chi connectivity index (χ1v) is 6.33. The van der Waals surface area contributed by atoms with Crippen LogP contribution in [0.15, 0.2) is 48.7 Å². The molecule has 0 saturated carbocycles. The Kier molecular flexibility index (Phi) is 3.19. The second-order valence-electron chi connectivity index (χ2n) is 4.48. The number of imidazole rings is 1. The summed E-state index contributed by atoms with van der Waals surface area (Å²) >= 11 is 0. The van der Waals surface area contributed by atoms with Crippen LogP contribution in [0.1, 0.15) is 16.1 Å². The number of nitrogens with two attached hydrogens (primary N) is 1. The van der Waals surface area contributed by atoms with E-state index in [4.69, 9.17) is 15.6 Å². The van der Waals surface area contributed by atoms with Gasteiger partial charge in [-0.1, -0.05) is 24.3 Å². The van der Waals surface area contributed by atoms with Gasteiger partial charge >= 0.3 is 5.97 Å². The van der Waals surface area contributed by atoms with Crippen molar-refractivity contribution in [1.82, 2.24) is 9.38 Å². The van der Waals surface area contributed by atoms with E-state index in [1.807, 2.05) is 36.4 Å². The molecule has 2 heterocycles. The number of aromatic carboxylic acids is 1. The third-order valence-electron chi connectivity index (χ3n) is 3.11. The molecule has 0 aliphatic rings. The van der Waals surface area contributed by atoms with Crippen LogP contribution < -0.4 is 10.5 Å². The molecule has 0 radical (unpaired) electrons. The fourth-order valence-electron chi connectivity index (χ4n) is 2.09. The zero-order valence-electron chi connectivity index (χ0n) is 11.1. The van der Waals surface area contributed by atoms with Crippen molar-refractivity contribution in [2.75, 3.05) is 5.73 Å². The summed E-state index contributed by atoms with van der Waals surface area (Å²) in [5.74, 6) is -0.303. The number of ether oxygens (including phenoxy) is 1. The van der Waals surface area contributed by atoms with Crippen LogP contribution in [0.25, 0.3) is 5.65 Å². The number of benzene rings is 1. The summed E-state index contributed by atoms with van der Waals surface area (Å²) in [5.41, 5.74) is 6.90. The zero-order valence-corrected chi connectivity index (χ0v) is 11.1. The van der Waals surface area contributed by atoms with Crippen LogP contribution in [-0.2, 0) is 6.61 Å². The summed E-state index contributed by atoms with van der Waals surface area (Å²) in [6, 6.07) is 13.0. The van der Waals surface area contributed by atoms with Crippen LogP contribution in [0.4, 0.5) is 5.82 Å². The number of hydrogen-bond donors (Lipinski definition) is 2. The maximum absolute atomic E-state index is 11.1. The normalized spacial score (nSPS) is 10.7. The molecule has 0 saturated heterocycles. The molecule has 3 rings (SSSR count). The predicted octanol–water partition coefficient (Wildman–Crippen LogP) is 2.19. The number of hydrogen-bond acceptors (Lipinski definition) is 4. The van der Waals surface area contributed by atoms with Gasteiger partial charge in [0.25, 0.3) is 0 Å². The Labute approximate surface area is 120 Å². The molecular formula is C15H13N3O3. The lowest BCUT2D eigenvalue weighted by molar-refractivity contribution is 0.0692. The summed E-state index contributed by atoms with van der Waals surface area (Å²) in [6.45, 7) is 0.282. The Hall–Kier alpha value is -3.02. The smallest absolute Gasteiger partial charge is 0.358 e. The molecule has 2 aromatic heterocycles. The Morgan fingerprint density at radius 3 is 2.71 bits per heavy atom. The first-order chi connectivity index (χ1) is 10.2. The van der Waals surface area contributed by atoms with E-state index in [-0.39, 0.29) is 18.1 Å². The number of carboxylic acid groups (broad SMARTS) is 1. The van der Waals surface area contributed by atoms with Gasteiger partial charge < -0.3 is 15.6 Å². The minimum absolute atomic E-state index is 0.110. The predicted molar refractivity (Wildman–Crippen MR) is 77.3 cm³/mol. The van der Waals surface area contributed by atoms with Gasteiger partial charge in [-0.15, -0.1) is 0 Å². The average molecular weight is 283 g/mol. The summed E-state index contributed by atoms with van der Waals surface area (Å²) < 4.78 is 7.22. The van der Waals surface area contributed by atoms with Gasteiger partial charge in [0.1, 0.15) is 23.8 Å². The third kappa shape index (κ3) is 2.38. The van der Waals surface area contributed by atoms with Gasteiger partial charge in [0.05, 0.1) is 0 Å². The highest BCUT2D eigenvalue weighted by Gasteiger charge is 2.17. The first kappa shape index (κ1) is 13.0. The molecule has 21 heavy (non-hydrogen) atoms. The Morgan fingerprint density at radius 1 is 1.24 bits per heavy atom. The molecule has 0 aliphatic heterocycles. The molecular weight excluding hydrogens is 270 g/mol. The highest BCUT2D eigenvalue weighted by atomic mass is 16.5. The van der Waals surface area contributed by atoms with E-state index in [2.05, 4.69) is 4.98 Å². The quantitative estimate of drug-likeness (QED) is 0.766. The van der Waals surface area contributed by atoms with Crippen molar-refractivity contribution >= 4 is 17.4 Å². The van der Waals surface area contributed by atoms with Gasteiger partial charge in [-0.05, 0) is 18.2 Å². The van der Waals surface area contributed by atoms with Crippen LogP contribution in [0, 0.1) is 0 Å². The van der Waals surface area contributed by atoms with E-state index in [0.717, 1.165) is 11.3 Å². The lowest BCUT2D eigenvalue weighted by Gasteiger charge is -2.07. The molecule has 0 spiro atoms. The summed E-state index contributed by atoms with van der Waals surface area (Å²) in [5, 5.41) is 9.08. The Bertz CT molecular complexity index is 797. The lowest BCUT2D eigenvalue weighted by Crippen LogP contribution is -2.02. The van der Waals surface area contributed by atoms with E-state index in [9.17, 15) is 4.79 Å². The molecule has 0 aliphatic carbocycles. The maximum Gasteiger partial charge on any atom is 0.358 e. The molecule has 6 heteroatoms. The number of aromatic nitrogens is 2. The van der Waals surface area contributed by atoms with Crippen LogP contribution in [0.2, 0.25) is 0 Å². The van der Waals surface area contributed by atoms with Crippen LogP contribution in [-0.4, -0.2) is 20.5 Å². The number of carbonyl (C=O) groups is 1. The first-order valence-electron chi connectivity index (χ1n) is 6.33. The van der Waals surface area contributed by atoms with Crippen LogP contribution in [0.3, 0.4) is 0 Å². The second kappa shape index (κ2) is 5.16.